The fourth-order valence-electron chi connectivity index (χ4n) is 1.07. The molecule has 18 heavy (non-hydrogen) atoms. The van der Waals surface area contributed by atoms with Crippen LogP contribution in [-0.4, -0.2) is 44.0 Å². The topological polar surface area (TPSA) is 111 Å². The van der Waals surface area contributed by atoms with Gasteiger partial charge in [-0.2, -0.15) is 4.98 Å². The summed E-state index contributed by atoms with van der Waals surface area (Å²) in [4.78, 5) is 22.2. The normalized spacial score (nSPS) is 10.3. The molecule has 0 unspecified atom stereocenters. The monoisotopic (exact) mass is 268 g/mol. The Morgan fingerprint density at radius 2 is 2.39 bits per heavy atom. The number of methoxy groups -OCH3 is 1. The van der Waals surface area contributed by atoms with Gasteiger partial charge >= 0.3 is 5.97 Å². The van der Waals surface area contributed by atoms with Crippen molar-refractivity contribution in [2.24, 2.45) is 0 Å². The second-order valence-electron chi connectivity index (χ2n) is 3.01. The summed E-state index contributed by atoms with van der Waals surface area (Å²) in [7, 11) is 1.48. The molecule has 0 aliphatic heterocycles. The number of carboxylic acids is 1. The van der Waals surface area contributed by atoms with Gasteiger partial charge < -0.3 is 14.4 Å². The molecule has 0 aromatic carbocycles. The lowest BCUT2D eigenvalue weighted by molar-refractivity contribution is -0.133. The van der Waals surface area contributed by atoms with Crippen LogP contribution in [-0.2, 0) is 4.79 Å². The van der Waals surface area contributed by atoms with Gasteiger partial charge in [0.2, 0.25) is 11.7 Å². The summed E-state index contributed by atoms with van der Waals surface area (Å²) < 4.78 is 9.82. The number of carbonyl (C=O) groups is 1. The number of aromatic nitrogens is 4. The van der Waals surface area contributed by atoms with Crippen molar-refractivity contribution in [3.8, 4) is 17.4 Å². The van der Waals surface area contributed by atoms with Crippen molar-refractivity contribution in [3.05, 3.63) is 12.4 Å². The predicted octanol–water partition coefficient (Wildman–Crippen LogP) is 0.712. The maximum Gasteiger partial charge on any atom is 0.314 e. The third-order valence-electron chi connectivity index (χ3n) is 1.81. The summed E-state index contributed by atoms with van der Waals surface area (Å²) in [5.74, 6) is -0.467. The average molecular weight is 268 g/mol. The Morgan fingerprint density at radius 1 is 1.56 bits per heavy atom. The number of carboxylic acid groups (broad SMARTS) is 1. The SMILES string of the molecule is COc1cc(-c2noc(SCC(=O)O)n2)ncn1. The van der Waals surface area contributed by atoms with E-state index in [-0.39, 0.29) is 16.8 Å². The molecule has 1 N–H and O–H groups in total. The van der Waals surface area contributed by atoms with E-state index in [1.165, 1.54) is 13.4 Å². The van der Waals surface area contributed by atoms with Crippen LogP contribution in [0.25, 0.3) is 11.5 Å². The minimum absolute atomic E-state index is 0.144. The number of rotatable bonds is 5. The van der Waals surface area contributed by atoms with E-state index in [1.54, 1.807) is 6.07 Å². The molecule has 0 saturated heterocycles. The number of hydrogen-bond donors (Lipinski definition) is 1. The van der Waals surface area contributed by atoms with Crippen molar-refractivity contribution in [2.45, 2.75) is 5.22 Å². The third kappa shape index (κ3) is 2.94. The standard InChI is InChI=1S/C9H8N4O4S/c1-16-6-2-5(10-4-11-6)8-12-9(17-13-8)18-3-7(14)15/h2,4H,3H2,1H3,(H,14,15). The second-order valence-corrected chi connectivity index (χ2v) is 3.94. The molecule has 2 rings (SSSR count). The minimum Gasteiger partial charge on any atom is -0.481 e. The molecule has 0 radical (unpaired) electrons. The molecule has 0 saturated carbocycles. The molecule has 2 aromatic heterocycles. The van der Waals surface area contributed by atoms with Crippen LogP contribution in [0, 0.1) is 0 Å². The van der Waals surface area contributed by atoms with Gasteiger partial charge in [0.25, 0.3) is 5.22 Å². The van der Waals surface area contributed by atoms with Crippen LogP contribution >= 0.6 is 11.8 Å². The van der Waals surface area contributed by atoms with Crippen molar-refractivity contribution in [2.75, 3.05) is 12.9 Å². The molecule has 2 heterocycles. The van der Waals surface area contributed by atoms with Crippen molar-refractivity contribution < 1.29 is 19.2 Å². The van der Waals surface area contributed by atoms with Crippen LogP contribution in [0.4, 0.5) is 0 Å². The Balaban J connectivity index is 2.15. The highest BCUT2D eigenvalue weighted by atomic mass is 32.2. The molecule has 0 bridgehead atoms. The average Bonchev–Trinajstić information content (AvgIpc) is 2.85. The zero-order valence-corrected chi connectivity index (χ0v) is 10.0. The summed E-state index contributed by atoms with van der Waals surface area (Å²) >= 11 is 0.940. The maximum absolute atomic E-state index is 10.4. The van der Waals surface area contributed by atoms with Gasteiger partial charge in [-0.3, -0.25) is 4.79 Å². The molecule has 0 spiro atoms. The molecule has 0 atom stereocenters. The largest absolute Gasteiger partial charge is 0.481 e. The maximum atomic E-state index is 10.4. The van der Waals surface area contributed by atoms with E-state index < -0.39 is 5.97 Å². The molecule has 0 fully saturated rings. The van der Waals surface area contributed by atoms with Crippen LogP contribution in [0.1, 0.15) is 0 Å². The lowest BCUT2D eigenvalue weighted by Gasteiger charge is -1.97. The van der Waals surface area contributed by atoms with E-state index in [0.29, 0.717) is 11.6 Å². The zero-order valence-electron chi connectivity index (χ0n) is 9.23. The van der Waals surface area contributed by atoms with Gasteiger partial charge in [0.05, 0.1) is 7.11 Å². The van der Waals surface area contributed by atoms with E-state index >= 15 is 0 Å². The van der Waals surface area contributed by atoms with Crippen LogP contribution in [0.15, 0.2) is 22.1 Å². The van der Waals surface area contributed by atoms with Crippen LogP contribution < -0.4 is 4.74 Å². The predicted molar refractivity (Wildman–Crippen MR) is 60.2 cm³/mol. The van der Waals surface area contributed by atoms with E-state index in [1.807, 2.05) is 0 Å². The van der Waals surface area contributed by atoms with Crippen LogP contribution in [0.5, 0.6) is 5.88 Å². The van der Waals surface area contributed by atoms with Crippen molar-refractivity contribution in [1.82, 2.24) is 20.1 Å². The van der Waals surface area contributed by atoms with Crippen molar-refractivity contribution >= 4 is 17.7 Å². The van der Waals surface area contributed by atoms with Crippen molar-refractivity contribution in [3.63, 3.8) is 0 Å². The first-order valence-electron chi connectivity index (χ1n) is 4.73. The number of hydrogen-bond acceptors (Lipinski definition) is 8. The second kappa shape index (κ2) is 5.45. The zero-order chi connectivity index (χ0) is 13.0. The first kappa shape index (κ1) is 12.3. The smallest absolute Gasteiger partial charge is 0.314 e. The van der Waals surface area contributed by atoms with Gasteiger partial charge in [0, 0.05) is 6.07 Å². The minimum atomic E-state index is -0.955. The van der Waals surface area contributed by atoms with E-state index in [0.717, 1.165) is 11.8 Å². The van der Waals surface area contributed by atoms with Gasteiger partial charge in [-0.25, -0.2) is 9.97 Å². The van der Waals surface area contributed by atoms with Gasteiger partial charge in [0.1, 0.15) is 17.8 Å². The number of thioether (sulfide) groups is 1. The molecular formula is C9H8N4O4S. The summed E-state index contributed by atoms with van der Waals surface area (Å²) in [6.07, 6.45) is 1.31. The number of ether oxygens (including phenoxy) is 1. The lowest BCUT2D eigenvalue weighted by atomic mass is 10.4. The summed E-state index contributed by atoms with van der Waals surface area (Å²) in [5, 5.41) is 12.4. The molecule has 9 heteroatoms. The number of nitrogens with zero attached hydrogens (tertiary/aromatic N) is 4. The Morgan fingerprint density at radius 3 is 3.11 bits per heavy atom. The summed E-state index contributed by atoms with van der Waals surface area (Å²) in [5.41, 5.74) is 0.438. The third-order valence-corrected chi connectivity index (χ3v) is 2.61. The fourth-order valence-corrected chi connectivity index (χ4v) is 1.56. The van der Waals surface area contributed by atoms with Crippen LogP contribution in [0.2, 0.25) is 0 Å². The molecular weight excluding hydrogens is 260 g/mol. The highest BCUT2D eigenvalue weighted by Gasteiger charge is 2.12. The van der Waals surface area contributed by atoms with E-state index in [9.17, 15) is 4.79 Å². The first-order valence-corrected chi connectivity index (χ1v) is 5.72. The van der Waals surface area contributed by atoms with Gasteiger partial charge in [-0.15, -0.1) is 0 Å². The van der Waals surface area contributed by atoms with Gasteiger partial charge in [0.15, 0.2) is 0 Å². The Labute approximate surface area is 105 Å². The Hall–Kier alpha value is -2.16. The molecule has 0 amide bonds. The molecule has 0 aliphatic carbocycles. The van der Waals surface area contributed by atoms with Crippen LogP contribution in [0.3, 0.4) is 0 Å². The molecule has 94 valence electrons. The Bertz CT molecular complexity index is 559. The van der Waals surface area contributed by atoms with Gasteiger partial charge in [-0.05, 0) is 0 Å². The highest BCUT2D eigenvalue weighted by molar-refractivity contribution is 7.99. The van der Waals surface area contributed by atoms with E-state index in [4.69, 9.17) is 14.4 Å². The fraction of sp³-hybridized carbons (Fsp3) is 0.222. The molecule has 8 nitrogen and oxygen atoms in total. The highest BCUT2D eigenvalue weighted by Crippen LogP contribution is 2.21. The Kier molecular flexibility index (Phi) is 3.72. The summed E-state index contributed by atoms with van der Waals surface area (Å²) in [6.45, 7) is 0. The molecule has 0 aliphatic rings. The molecule has 2 aromatic rings. The first-order chi connectivity index (χ1) is 8.69. The van der Waals surface area contributed by atoms with Crippen molar-refractivity contribution in [1.29, 1.82) is 0 Å². The lowest BCUT2D eigenvalue weighted by Crippen LogP contribution is -1.97. The summed E-state index contributed by atoms with van der Waals surface area (Å²) in [6, 6.07) is 1.55. The number of aliphatic carboxylic acids is 1. The quantitative estimate of drug-likeness (QED) is 0.783. The van der Waals surface area contributed by atoms with Gasteiger partial charge in [-0.1, -0.05) is 16.9 Å². The van der Waals surface area contributed by atoms with E-state index in [2.05, 4.69) is 20.1 Å².